The van der Waals surface area contributed by atoms with E-state index in [4.69, 9.17) is 21.1 Å². The molecule has 2 aromatic rings. The number of amides is 1. The highest BCUT2D eigenvalue weighted by atomic mass is 35.5. The van der Waals surface area contributed by atoms with Crippen molar-refractivity contribution in [2.45, 2.75) is 13.3 Å². The minimum absolute atomic E-state index is 0.0493. The number of rotatable bonds is 7. The Hall–Kier alpha value is -2.20. The van der Waals surface area contributed by atoms with Gasteiger partial charge in [0.1, 0.15) is 6.61 Å². The number of carbonyl (C=O) groups excluding carboxylic acids is 1. The molecule has 0 heterocycles. The molecule has 2 aromatic carbocycles. The molecule has 23 heavy (non-hydrogen) atoms. The molecule has 0 unspecified atom stereocenters. The van der Waals surface area contributed by atoms with Crippen molar-refractivity contribution < 1.29 is 14.3 Å². The lowest BCUT2D eigenvalue weighted by Gasteiger charge is -2.11. The number of hydrogen-bond donors (Lipinski definition) is 1. The van der Waals surface area contributed by atoms with Crippen LogP contribution in [0.4, 0.5) is 0 Å². The molecular formula is C18H20ClNO3. The van der Waals surface area contributed by atoms with Gasteiger partial charge >= 0.3 is 0 Å². The fourth-order valence-electron chi connectivity index (χ4n) is 2.10. The minimum Gasteiger partial charge on any atom is -0.493 e. The molecule has 0 aliphatic carbocycles. The molecule has 1 amide bonds. The number of benzene rings is 2. The van der Waals surface area contributed by atoms with Gasteiger partial charge in [-0.2, -0.15) is 0 Å². The van der Waals surface area contributed by atoms with Gasteiger partial charge in [-0.15, -0.1) is 0 Å². The van der Waals surface area contributed by atoms with E-state index in [2.05, 4.69) is 5.32 Å². The first kappa shape index (κ1) is 17.2. The van der Waals surface area contributed by atoms with Crippen molar-refractivity contribution in [1.82, 2.24) is 5.32 Å². The van der Waals surface area contributed by atoms with Crippen molar-refractivity contribution in [2.24, 2.45) is 0 Å². The summed E-state index contributed by atoms with van der Waals surface area (Å²) in [5.74, 6) is 1.31. The molecule has 1 N–H and O–H groups in total. The SMILES string of the molecule is COc1cc(C)ccc1OCCNC(=O)Cc1ccc(Cl)cc1. The van der Waals surface area contributed by atoms with Gasteiger partial charge in [0, 0.05) is 5.02 Å². The zero-order chi connectivity index (χ0) is 16.7. The van der Waals surface area contributed by atoms with E-state index < -0.39 is 0 Å². The molecule has 0 atom stereocenters. The molecular weight excluding hydrogens is 314 g/mol. The monoisotopic (exact) mass is 333 g/mol. The molecule has 0 aliphatic heterocycles. The molecule has 122 valence electrons. The Morgan fingerprint density at radius 1 is 1.13 bits per heavy atom. The second-order valence-corrected chi connectivity index (χ2v) is 5.59. The Kier molecular flexibility index (Phi) is 6.29. The smallest absolute Gasteiger partial charge is 0.224 e. The number of halogens is 1. The molecule has 0 saturated carbocycles. The molecule has 0 bridgehead atoms. The first-order valence-electron chi connectivity index (χ1n) is 7.37. The maximum Gasteiger partial charge on any atom is 0.224 e. The van der Waals surface area contributed by atoms with Crippen LogP contribution in [0.3, 0.4) is 0 Å². The number of methoxy groups -OCH3 is 1. The van der Waals surface area contributed by atoms with Crippen molar-refractivity contribution in [3.8, 4) is 11.5 Å². The first-order valence-corrected chi connectivity index (χ1v) is 7.75. The predicted octanol–water partition coefficient (Wildman–Crippen LogP) is 3.39. The third-order valence-corrected chi connectivity index (χ3v) is 3.53. The Balaban J connectivity index is 1.74. The summed E-state index contributed by atoms with van der Waals surface area (Å²) in [7, 11) is 1.61. The van der Waals surface area contributed by atoms with E-state index in [0.29, 0.717) is 36.1 Å². The number of carbonyl (C=O) groups is 1. The fraction of sp³-hybridized carbons (Fsp3) is 0.278. The van der Waals surface area contributed by atoms with Crippen LogP contribution in [0.15, 0.2) is 42.5 Å². The standard InChI is InChI=1S/C18H20ClNO3/c1-13-3-8-16(17(11-13)22-2)23-10-9-20-18(21)12-14-4-6-15(19)7-5-14/h3-8,11H,9-10,12H2,1-2H3,(H,20,21). The summed E-state index contributed by atoms with van der Waals surface area (Å²) in [5, 5.41) is 3.49. The Morgan fingerprint density at radius 2 is 1.87 bits per heavy atom. The van der Waals surface area contributed by atoms with Gasteiger partial charge in [-0.1, -0.05) is 29.8 Å². The zero-order valence-electron chi connectivity index (χ0n) is 13.3. The van der Waals surface area contributed by atoms with Crippen LogP contribution in [0.5, 0.6) is 11.5 Å². The van der Waals surface area contributed by atoms with Gasteiger partial charge in [-0.25, -0.2) is 0 Å². The lowest BCUT2D eigenvalue weighted by molar-refractivity contribution is -0.120. The number of hydrogen-bond acceptors (Lipinski definition) is 3. The fourth-order valence-corrected chi connectivity index (χ4v) is 2.22. The summed E-state index contributed by atoms with van der Waals surface area (Å²) in [6, 6.07) is 13.0. The molecule has 0 aromatic heterocycles. The van der Waals surface area contributed by atoms with Crippen LogP contribution in [0.1, 0.15) is 11.1 Å². The maximum absolute atomic E-state index is 11.9. The zero-order valence-corrected chi connectivity index (χ0v) is 14.0. The van der Waals surface area contributed by atoms with Crippen molar-refractivity contribution in [3.05, 3.63) is 58.6 Å². The van der Waals surface area contributed by atoms with E-state index in [9.17, 15) is 4.79 Å². The second-order valence-electron chi connectivity index (χ2n) is 5.16. The van der Waals surface area contributed by atoms with Gasteiger partial charge in [0.25, 0.3) is 0 Å². The van der Waals surface area contributed by atoms with Crippen LogP contribution < -0.4 is 14.8 Å². The third-order valence-electron chi connectivity index (χ3n) is 3.28. The molecule has 4 nitrogen and oxygen atoms in total. The van der Waals surface area contributed by atoms with Gasteiger partial charge in [-0.3, -0.25) is 4.79 Å². The highest BCUT2D eigenvalue weighted by Gasteiger charge is 2.06. The molecule has 0 spiro atoms. The molecule has 2 rings (SSSR count). The van der Waals surface area contributed by atoms with Crippen molar-refractivity contribution in [1.29, 1.82) is 0 Å². The van der Waals surface area contributed by atoms with Crippen LogP contribution in [-0.2, 0) is 11.2 Å². The molecule has 0 fully saturated rings. The largest absolute Gasteiger partial charge is 0.493 e. The van der Waals surface area contributed by atoms with Crippen LogP contribution in [0.25, 0.3) is 0 Å². The van der Waals surface area contributed by atoms with E-state index >= 15 is 0 Å². The average molecular weight is 334 g/mol. The Bertz CT molecular complexity index is 656. The highest BCUT2D eigenvalue weighted by Crippen LogP contribution is 2.27. The topological polar surface area (TPSA) is 47.6 Å². The van der Waals surface area contributed by atoms with Crippen molar-refractivity contribution in [3.63, 3.8) is 0 Å². The third kappa shape index (κ3) is 5.49. The summed E-state index contributed by atoms with van der Waals surface area (Å²) in [5.41, 5.74) is 2.03. The first-order chi connectivity index (χ1) is 11.1. The maximum atomic E-state index is 11.9. The van der Waals surface area contributed by atoms with E-state index in [-0.39, 0.29) is 5.91 Å². The quantitative estimate of drug-likeness (QED) is 0.790. The van der Waals surface area contributed by atoms with E-state index in [0.717, 1.165) is 11.1 Å². The summed E-state index contributed by atoms with van der Waals surface area (Å²) >= 11 is 5.82. The molecule has 0 radical (unpaired) electrons. The normalized spacial score (nSPS) is 10.2. The van der Waals surface area contributed by atoms with Crippen molar-refractivity contribution in [2.75, 3.05) is 20.3 Å². The second kappa shape index (κ2) is 8.44. The van der Waals surface area contributed by atoms with Gasteiger partial charge in [0.05, 0.1) is 20.1 Å². The van der Waals surface area contributed by atoms with Gasteiger partial charge in [0.2, 0.25) is 5.91 Å². The Labute approximate surface area is 141 Å². The van der Waals surface area contributed by atoms with Gasteiger partial charge in [-0.05, 0) is 42.3 Å². The van der Waals surface area contributed by atoms with E-state index in [1.54, 1.807) is 19.2 Å². The van der Waals surface area contributed by atoms with E-state index in [1.807, 2.05) is 37.3 Å². The average Bonchev–Trinajstić information content (AvgIpc) is 2.54. The molecule has 0 aliphatic rings. The van der Waals surface area contributed by atoms with Crippen molar-refractivity contribution >= 4 is 17.5 Å². The van der Waals surface area contributed by atoms with Crippen LogP contribution >= 0.6 is 11.6 Å². The van der Waals surface area contributed by atoms with Gasteiger partial charge < -0.3 is 14.8 Å². The Morgan fingerprint density at radius 3 is 2.57 bits per heavy atom. The molecule has 0 saturated heterocycles. The lowest BCUT2D eigenvalue weighted by Crippen LogP contribution is -2.29. The van der Waals surface area contributed by atoms with E-state index in [1.165, 1.54) is 0 Å². The highest BCUT2D eigenvalue weighted by molar-refractivity contribution is 6.30. The molecule has 5 heteroatoms. The number of ether oxygens (including phenoxy) is 2. The minimum atomic E-state index is -0.0493. The van der Waals surface area contributed by atoms with Crippen LogP contribution in [0, 0.1) is 6.92 Å². The number of aryl methyl sites for hydroxylation is 1. The summed E-state index contributed by atoms with van der Waals surface area (Å²) in [6.07, 6.45) is 0.324. The summed E-state index contributed by atoms with van der Waals surface area (Å²) in [6.45, 7) is 2.80. The summed E-state index contributed by atoms with van der Waals surface area (Å²) < 4.78 is 10.9. The number of nitrogens with one attached hydrogen (secondary N) is 1. The predicted molar refractivity (Wildman–Crippen MR) is 91.4 cm³/mol. The van der Waals surface area contributed by atoms with Crippen LogP contribution in [0.2, 0.25) is 5.02 Å². The van der Waals surface area contributed by atoms with Crippen LogP contribution in [-0.4, -0.2) is 26.2 Å². The summed E-state index contributed by atoms with van der Waals surface area (Å²) in [4.78, 5) is 11.9. The lowest BCUT2D eigenvalue weighted by atomic mass is 10.1. The van der Waals surface area contributed by atoms with Gasteiger partial charge in [0.15, 0.2) is 11.5 Å².